The first kappa shape index (κ1) is 14.3. The predicted molar refractivity (Wildman–Crippen MR) is 70.7 cm³/mol. The van der Waals surface area contributed by atoms with E-state index in [4.69, 9.17) is 5.11 Å². The summed E-state index contributed by atoms with van der Waals surface area (Å²) in [5.41, 5.74) is -0.281. The van der Waals surface area contributed by atoms with E-state index in [0.29, 0.717) is 18.4 Å². The van der Waals surface area contributed by atoms with Crippen LogP contribution in [0, 0.1) is 5.82 Å². The number of carbonyl (C=O) groups is 2. The quantitative estimate of drug-likeness (QED) is 0.789. The summed E-state index contributed by atoms with van der Waals surface area (Å²) in [7, 11) is 0. The third-order valence-corrected chi connectivity index (χ3v) is 3.60. The van der Waals surface area contributed by atoms with Gasteiger partial charge in [0.15, 0.2) is 0 Å². The van der Waals surface area contributed by atoms with Gasteiger partial charge in [-0.3, -0.25) is 4.79 Å². The Hall–Kier alpha value is -2.11. The highest BCUT2D eigenvalue weighted by molar-refractivity contribution is 5.80. The van der Waals surface area contributed by atoms with Gasteiger partial charge < -0.3 is 15.7 Å². The van der Waals surface area contributed by atoms with Crippen molar-refractivity contribution in [3.8, 4) is 0 Å². The van der Waals surface area contributed by atoms with Gasteiger partial charge in [-0.05, 0) is 18.9 Å². The molecule has 0 spiro atoms. The van der Waals surface area contributed by atoms with E-state index in [2.05, 4.69) is 10.6 Å². The summed E-state index contributed by atoms with van der Waals surface area (Å²) < 4.78 is 14.0. The lowest BCUT2D eigenvalue weighted by atomic mass is 9.88. The van der Waals surface area contributed by atoms with Gasteiger partial charge in [-0.15, -0.1) is 0 Å². The fourth-order valence-electron chi connectivity index (χ4n) is 2.71. The first-order valence-corrected chi connectivity index (χ1v) is 6.56. The molecular weight excluding hydrogens is 263 g/mol. The average molecular weight is 280 g/mol. The second kappa shape index (κ2) is 5.90. The summed E-state index contributed by atoms with van der Waals surface area (Å²) in [5.74, 6) is -1.47. The maximum Gasteiger partial charge on any atom is 0.323 e. The number of benzene rings is 1. The second-order valence-corrected chi connectivity index (χ2v) is 4.97. The van der Waals surface area contributed by atoms with Gasteiger partial charge >= 0.3 is 12.0 Å². The number of aliphatic carboxylic acids is 1. The lowest BCUT2D eigenvalue weighted by Crippen LogP contribution is -2.49. The molecule has 2 amide bonds. The molecule has 1 fully saturated rings. The highest BCUT2D eigenvalue weighted by Gasteiger charge is 2.38. The van der Waals surface area contributed by atoms with Crippen molar-refractivity contribution >= 4 is 12.0 Å². The molecule has 5 nitrogen and oxygen atoms in total. The zero-order valence-corrected chi connectivity index (χ0v) is 11.0. The van der Waals surface area contributed by atoms with Crippen LogP contribution in [0.4, 0.5) is 9.18 Å². The van der Waals surface area contributed by atoms with Gasteiger partial charge in [0, 0.05) is 5.56 Å². The van der Waals surface area contributed by atoms with E-state index < -0.39 is 24.1 Å². The smallest absolute Gasteiger partial charge is 0.323 e. The van der Waals surface area contributed by atoms with E-state index in [9.17, 15) is 14.0 Å². The molecule has 2 rings (SSSR count). The predicted octanol–water partition coefficient (Wildman–Crippen LogP) is 1.98. The maximum atomic E-state index is 14.0. The van der Waals surface area contributed by atoms with Crippen molar-refractivity contribution in [2.45, 2.75) is 31.2 Å². The third-order valence-electron chi connectivity index (χ3n) is 3.60. The number of hydrogen-bond donors (Lipinski definition) is 3. The minimum atomic E-state index is -1.12. The molecule has 0 unspecified atom stereocenters. The first-order chi connectivity index (χ1) is 9.53. The molecule has 1 saturated carbocycles. The molecule has 0 saturated heterocycles. The van der Waals surface area contributed by atoms with E-state index in [1.807, 2.05) is 0 Å². The molecule has 0 bridgehead atoms. The molecule has 20 heavy (non-hydrogen) atoms. The van der Waals surface area contributed by atoms with Gasteiger partial charge in [-0.1, -0.05) is 31.0 Å². The normalized spacial score (nSPS) is 16.6. The Balaban J connectivity index is 2.16. The van der Waals surface area contributed by atoms with Crippen LogP contribution in [-0.2, 0) is 10.3 Å². The summed E-state index contributed by atoms with van der Waals surface area (Å²) in [6, 6.07) is 5.78. The lowest BCUT2D eigenvalue weighted by molar-refractivity contribution is -0.135. The van der Waals surface area contributed by atoms with Crippen molar-refractivity contribution in [3.63, 3.8) is 0 Å². The molecule has 0 radical (unpaired) electrons. The topological polar surface area (TPSA) is 78.4 Å². The summed E-state index contributed by atoms with van der Waals surface area (Å²) in [4.78, 5) is 22.2. The van der Waals surface area contributed by atoms with Crippen molar-refractivity contribution in [3.05, 3.63) is 35.6 Å². The number of carbonyl (C=O) groups excluding carboxylic acids is 1. The minimum absolute atomic E-state index is 0.354. The Labute approximate surface area is 116 Å². The first-order valence-electron chi connectivity index (χ1n) is 6.56. The molecule has 3 N–H and O–H groups in total. The highest BCUT2D eigenvalue weighted by atomic mass is 19.1. The number of carboxylic acid groups (broad SMARTS) is 1. The van der Waals surface area contributed by atoms with Crippen molar-refractivity contribution in [1.29, 1.82) is 0 Å². The largest absolute Gasteiger partial charge is 0.480 e. The van der Waals surface area contributed by atoms with Gasteiger partial charge in [0.2, 0.25) is 0 Å². The number of hydrogen-bond acceptors (Lipinski definition) is 2. The summed E-state index contributed by atoms with van der Waals surface area (Å²) >= 11 is 0. The summed E-state index contributed by atoms with van der Waals surface area (Å²) in [5, 5.41) is 13.5. The fraction of sp³-hybridized carbons (Fsp3) is 0.429. The number of rotatable bonds is 4. The molecular formula is C14H17FN2O3. The second-order valence-electron chi connectivity index (χ2n) is 4.97. The highest BCUT2D eigenvalue weighted by Crippen LogP contribution is 2.39. The fourth-order valence-corrected chi connectivity index (χ4v) is 2.71. The zero-order valence-electron chi connectivity index (χ0n) is 11.0. The van der Waals surface area contributed by atoms with Crippen LogP contribution in [-0.4, -0.2) is 23.7 Å². The van der Waals surface area contributed by atoms with Crippen LogP contribution in [0.25, 0.3) is 0 Å². The molecule has 108 valence electrons. The van der Waals surface area contributed by atoms with E-state index in [1.54, 1.807) is 18.2 Å². The Bertz CT molecular complexity index is 513. The van der Waals surface area contributed by atoms with Crippen LogP contribution in [0.15, 0.2) is 24.3 Å². The Morgan fingerprint density at radius 1 is 1.25 bits per heavy atom. The van der Waals surface area contributed by atoms with Gasteiger partial charge in [0.25, 0.3) is 0 Å². The number of urea groups is 1. The van der Waals surface area contributed by atoms with Crippen LogP contribution in [0.1, 0.15) is 31.2 Å². The monoisotopic (exact) mass is 280 g/mol. The van der Waals surface area contributed by atoms with Crippen molar-refractivity contribution in [1.82, 2.24) is 10.6 Å². The summed E-state index contributed by atoms with van der Waals surface area (Å²) in [6.45, 7) is -0.459. The molecule has 0 aromatic heterocycles. The number of carboxylic acids is 1. The van der Waals surface area contributed by atoms with Gasteiger partial charge in [-0.2, -0.15) is 0 Å². The van der Waals surface area contributed by atoms with Crippen LogP contribution < -0.4 is 10.6 Å². The lowest BCUT2D eigenvalue weighted by Gasteiger charge is -2.31. The Morgan fingerprint density at radius 2 is 1.90 bits per heavy atom. The minimum Gasteiger partial charge on any atom is -0.480 e. The van der Waals surface area contributed by atoms with Gasteiger partial charge in [0.1, 0.15) is 12.4 Å². The van der Waals surface area contributed by atoms with E-state index in [1.165, 1.54) is 6.07 Å². The third kappa shape index (κ3) is 3.07. The molecule has 1 aliphatic carbocycles. The van der Waals surface area contributed by atoms with Gasteiger partial charge in [0.05, 0.1) is 5.54 Å². The molecule has 6 heteroatoms. The molecule has 1 aromatic rings. The maximum absolute atomic E-state index is 14.0. The van der Waals surface area contributed by atoms with Crippen molar-refractivity contribution in [2.24, 2.45) is 0 Å². The van der Waals surface area contributed by atoms with E-state index >= 15 is 0 Å². The number of nitrogens with one attached hydrogen (secondary N) is 2. The van der Waals surface area contributed by atoms with Gasteiger partial charge in [-0.25, -0.2) is 9.18 Å². The van der Waals surface area contributed by atoms with E-state index in [0.717, 1.165) is 12.8 Å². The zero-order chi connectivity index (χ0) is 14.6. The van der Waals surface area contributed by atoms with Crippen LogP contribution in [0.5, 0.6) is 0 Å². The van der Waals surface area contributed by atoms with Crippen LogP contribution in [0.2, 0.25) is 0 Å². The van der Waals surface area contributed by atoms with E-state index in [-0.39, 0.29) is 5.82 Å². The Kier molecular flexibility index (Phi) is 4.22. The molecule has 0 aliphatic heterocycles. The van der Waals surface area contributed by atoms with Crippen molar-refractivity contribution < 1.29 is 19.1 Å². The van der Waals surface area contributed by atoms with Crippen molar-refractivity contribution in [2.75, 3.05) is 6.54 Å². The molecule has 0 atom stereocenters. The van der Waals surface area contributed by atoms with Crippen LogP contribution >= 0.6 is 0 Å². The molecule has 1 aromatic carbocycles. The van der Waals surface area contributed by atoms with Crippen LogP contribution in [0.3, 0.4) is 0 Å². The number of amides is 2. The Morgan fingerprint density at radius 3 is 2.50 bits per heavy atom. The molecule has 1 aliphatic rings. The summed E-state index contributed by atoms with van der Waals surface area (Å²) in [6.07, 6.45) is 3.09. The average Bonchev–Trinajstić information content (AvgIpc) is 2.86. The SMILES string of the molecule is O=C(O)CNC(=O)NC1(c2ccccc2F)CCCC1. The standard InChI is InChI=1S/C14H17FN2O3/c15-11-6-2-1-5-10(11)14(7-3-4-8-14)17-13(20)16-9-12(18)19/h1-2,5-6H,3-4,7-9H2,(H,18,19)(H2,16,17,20). The number of halogens is 1. The molecule has 0 heterocycles.